The second kappa shape index (κ2) is 4.97. The molecule has 0 radical (unpaired) electrons. The largest absolute Gasteiger partial charge is 0.494 e. The maximum atomic E-state index is 13.5. The minimum absolute atomic E-state index is 0.0368. The number of aromatic nitrogens is 2. The third-order valence-electron chi connectivity index (χ3n) is 2.64. The molecule has 0 aliphatic rings. The number of ether oxygens (including phenoxy) is 1. The molecule has 0 atom stereocenters. The summed E-state index contributed by atoms with van der Waals surface area (Å²) < 4.78 is 19.3. The molecule has 0 aliphatic heterocycles. The van der Waals surface area contributed by atoms with Crippen LogP contribution in [0.4, 0.5) is 4.39 Å². The maximum Gasteiger partial charge on any atom is 0.354 e. The van der Waals surface area contributed by atoms with Gasteiger partial charge in [0, 0.05) is 6.20 Å². The van der Waals surface area contributed by atoms with E-state index in [1.807, 2.05) is 0 Å². The molecule has 1 heterocycles. The molecule has 0 fully saturated rings. The molecule has 0 unspecified atom stereocenters. The summed E-state index contributed by atoms with van der Waals surface area (Å²) in [5.41, 5.74) is -0.280. The molecule has 6 nitrogen and oxygen atoms in total. The Bertz CT molecular complexity index is 675. The van der Waals surface area contributed by atoms with Crippen molar-refractivity contribution in [3.63, 3.8) is 0 Å². The molecule has 1 aromatic heterocycles. The zero-order valence-corrected chi connectivity index (χ0v) is 10.0. The van der Waals surface area contributed by atoms with Gasteiger partial charge in [0.2, 0.25) is 0 Å². The highest BCUT2D eigenvalue weighted by molar-refractivity contribution is 5.85. The van der Waals surface area contributed by atoms with Gasteiger partial charge in [-0.2, -0.15) is 0 Å². The fourth-order valence-electron chi connectivity index (χ4n) is 1.72. The number of aromatic carboxylic acids is 1. The number of halogens is 1. The number of rotatable bonds is 4. The molecular weight excluding hydrogens is 255 g/mol. The number of hydrogen-bond acceptors (Lipinski definition) is 3. The highest BCUT2D eigenvalue weighted by Gasteiger charge is 2.14. The van der Waals surface area contributed by atoms with E-state index in [9.17, 15) is 14.0 Å². The molecule has 0 aliphatic carbocycles. The van der Waals surface area contributed by atoms with Crippen molar-refractivity contribution in [2.24, 2.45) is 0 Å². The zero-order chi connectivity index (χ0) is 14.0. The van der Waals surface area contributed by atoms with Crippen molar-refractivity contribution in [2.75, 3.05) is 7.11 Å². The van der Waals surface area contributed by atoms with Gasteiger partial charge in [0.05, 0.1) is 13.7 Å². The average Bonchev–Trinajstić information content (AvgIpc) is 2.71. The number of nitrogens with zero attached hydrogens (tertiary/aromatic N) is 1. The van der Waals surface area contributed by atoms with Crippen LogP contribution in [0.5, 0.6) is 5.75 Å². The summed E-state index contributed by atoms with van der Waals surface area (Å²) in [5.74, 6) is -1.71. The Morgan fingerprint density at radius 3 is 2.84 bits per heavy atom. The van der Waals surface area contributed by atoms with Crippen molar-refractivity contribution in [1.82, 2.24) is 9.55 Å². The Morgan fingerprint density at radius 2 is 2.26 bits per heavy atom. The Kier molecular flexibility index (Phi) is 3.37. The van der Waals surface area contributed by atoms with Crippen LogP contribution in [0.15, 0.2) is 29.2 Å². The van der Waals surface area contributed by atoms with E-state index in [1.54, 1.807) is 6.07 Å². The van der Waals surface area contributed by atoms with Crippen molar-refractivity contribution in [1.29, 1.82) is 0 Å². The summed E-state index contributed by atoms with van der Waals surface area (Å²) in [4.78, 5) is 24.7. The van der Waals surface area contributed by atoms with Crippen LogP contribution in [0.1, 0.15) is 16.1 Å². The van der Waals surface area contributed by atoms with E-state index in [0.29, 0.717) is 5.56 Å². The summed E-state index contributed by atoms with van der Waals surface area (Å²) >= 11 is 0. The number of carboxylic acid groups (broad SMARTS) is 1. The number of imidazole rings is 1. The van der Waals surface area contributed by atoms with Gasteiger partial charge in [-0.05, 0) is 17.7 Å². The highest BCUT2D eigenvalue weighted by atomic mass is 19.1. The van der Waals surface area contributed by atoms with Crippen molar-refractivity contribution >= 4 is 5.97 Å². The topological polar surface area (TPSA) is 84.3 Å². The van der Waals surface area contributed by atoms with E-state index in [0.717, 1.165) is 10.8 Å². The third-order valence-corrected chi connectivity index (χ3v) is 2.64. The lowest BCUT2D eigenvalue weighted by atomic mass is 10.2. The summed E-state index contributed by atoms with van der Waals surface area (Å²) in [6, 6.07) is 4.18. The number of methoxy groups -OCH3 is 1. The van der Waals surface area contributed by atoms with Crippen LogP contribution in [0.2, 0.25) is 0 Å². The Hall–Kier alpha value is -2.57. The van der Waals surface area contributed by atoms with Gasteiger partial charge in [-0.15, -0.1) is 0 Å². The van der Waals surface area contributed by atoms with Crippen LogP contribution in [0.3, 0.4) is 0 Å². The standard InChI is InChI=1S/C12H11FN2O4/c1-19-10-3-2-7(4-8(10)13)6-15-9(11(16)17)5-14-12(15)18/h2-5H,6H2,1H3,(H,14,18)(H,16,17). The molecule has 0 saturated heterocycles. The van der Waals surface area contributed by atoms with Crippen LogP contribution in [0.25, 0.3) is 0 Å². The minimum atomic E-state index is -1.23. The van der Waals surface area contributed by atoms with Gasteiger partial charge < -0.3 is 14.8 Å². The first kappa shape index (κ1) is 12.9. The molecule has 2 aromatic rings. The van der Waals surface area contributed by atoms with Crippen LogP contribution < -0.4 is 10.4 Å². The molecule has 0 spiro atoms. The Balaban J connectivity index is 2.36. The summed E-state index contributed by atoms with van der Waals surface area (Å²) in [5, 5.41) is 8.92. The molecule has 0 amide bonds. The number of carboxylic acids is 1. The molecule has 7 heteroatoms. The van der Waals surface area contributed by atoms with Crippen LogP contribution in [-0.2, 0) is 6.54 Å². The average molecular weight is 266 g/mol. The third kappa shape index (κ3) is 2.49. The summed E-state index contributed by atoms with van der Waals surface area (Å²) in [6.07, 6.45) is 1.10. The highest BCUT2D eigenvalue weighted by Crippen LogP contribution is 2.18. The van der Waals surface area contributed by atoms with Crippen molar-refractivity contribution in [3.8, 4) is 5.75 Å². The predicted octanol–water partition coefficient (Wildman–Crippen LogP) is 1.07. The lowest BCUT2D eigenvalue weighted by Crippen LogP contribution is -2.21. The van der Waals surface area contributed by atoms with E-state index in [1.165, 1.54) is 19.2 Å². The van der Waals surface area contributed by atoms with Crippen molar-refractivity contribution in [2.45, 2.75) is 6.54 Å². The molecular formula is C12H11FN2O4. The smallest absolute Gasteiger partial charge is 0.354 e. The lowest BCUT2D eigenvalue weighted by molar-refractivity contribution is 0.0685. The molecule has 1 aromatic carbocycles. The summed E-state index contributed by atoms with van der Waals surface area (Å²) in [7, 11) is 1.34. The fraction of sp³-hybridized carbons (Fsp3) is 0.167. The van der Waals surface area contributed by atoms with Crippen molar-refractivity contribution < 1.29 is 19.0 Å². The van der Waals surface area contributed by atoms with Crippen LogP contribution in [0, 0.1) is 5.82 Å². The normalized spacial score (nSPS) is 10.4. The fourth-order valence-corrected chi connectivity index (χ4v) is 1.72. The van der Waals surface area contributed by atoms with Gasteiger partial charge in [0.15, 0.2) is 11.6 Å². The number of carbonyl (C=O) groups is 1. The maximum absolute atomic E-state index is 13.5. The molecule has 19 heavy (non-hydrogen) atoms. The number of H-pyrrole nitrogens is 1. The van der Waals surface area contributed by atoms with Gasteiger partial charge in [0.25, 0.3) is 0 Å². The van der Waals surface area contributed by atoms with Crippen molar-refractivity contribution in [3.05, 3.63) is 52.0 Å². The SMILES string of the molecule is COc1ccc(Cn2c(C(=O)O)c[nH]c2=O)cc1F. The van der Waals surface area contributed by atoms with Crippen LogP contribution in [-0.4, -0.2) is 27.7 Å². The quantitative estimate of drug-likeness (QED) is 0.867. The Morgan fingerprint density at radius 1 is 1.53 bits per heavy atom. The van der Waals surface area contributed by atoms with E-state index < -0.39 is 17.5 Å². The Labute approximate surface area is 107 Å². The van der Waals surface area contributed by atoms with E-state index in [4.69, 9.17) is 9.84 Å². The first-order chi connectivity index (χ1) is 9.02. The second-order valence-electron chi connectivity index (χ2n) is 3.84. The molecule has 0 saturated carbocycles. The van der Waals surface area contributed by atoms with Gasteiger partial charge >= 0.3 is 11.7 Å². The van der Waals surface area contributed by atoms with E-state index in [2.05, 4.69) is 4.98 Å². The summed E-state index contributed by atoms with van der Waals surface area (Å²) in [6.45, 7) is -0.0368. The predicted molar refractivity (Wildman–Crippen MR) is 64.1 cm³/mol. The molecule has 100 valence electrons. The molecule has 2 rings (SSSR count). The van der Waals surface area contributed by atoms with E-state index >= 15 is 0 Å². The first-order valence-electron chi connectivity index (χ1n) is 5.37. The number of aromatic amines is 1. The van der Waals surface area contributed by atoms with Gasteiger partial charge in [0.1, 0.15) is 5.69 Å². The van der Waals surface area contributed by atoms with Gasteiger partial charge in [-0.1, -0.05) is 6.07 Å². The lowest BCUT2D eigenvalue weighted by Gasteiger charge is -2.07. The number of benzene rings is 1. The zero-order valence-electron chi connectivity index (χ0n) is 10.0. The number of hydrogen-bond donors (Lipinski definition) is 2. The van der Waals surface area contributed by atoms with Crippen LogP contribution >= 0.6 is 0 Å². The molecule has 2 N–H and O–H groups in total. The molecule has 0 bridgehead atoms. The monoisotopic (exact) mass is 266 g/mol. The first-order valence-corrected chi connectivity index (χ1v) is 5.37. The van der Waals surface area contributed by atoms with Gasteiger partial charge in [-0.25, -0.2) is 14.0 Å². The van der Waals surface area contributed by atoms with Gasteiger partial charge in [-0.3, -0.25) is 4.57 Å². The minimum Gasteiger partial charge on any atom is -0.494 e. The number of nitrogens with one attached hydrogen (secondary N) is 1. The second-order valence-corrected chi connectivity index (χ2v) is 3.84. The van der Waals surface area contributed by atoms with E-state index in [-0.39, 0.29) is 18.0 Å².